The van der Waals surface area contributed by atoms with Gasteiger partial charge in [-0.05, 0) is 67.5 Å². The van der Waals surface area contributed by atoms with Crippen molar-refractivity contribution >= 4 is 29.4 Å². The van der Waals surface area contributed by atoms with Gasteiger partial charge in [0, 0.05) is 50.1 Å². The maximum atomic E-state index is 13.8. The topological polar surface area (TPSA) is 109 Å². The number of piperazine rings is 1. The smallest absolute Gasteiger partial charge is 0.435 e. The van der Waals surface area contributed by atoms with Crippen LogP contribution in [0.1, 0.15) is 73.3 Å². The number of methoxy groups -OCH3 is 1. The van der Waals surface area contributed by atoms with E-state index in [1.807, 2.05) is 54.6 Å². The molecule has 2 aliphatic heterocycles. The summed E-state index contributed by atoms with van der Waals surface area (Å²) in [5.74, 6) is 0.747. The van der Waals surface area contributed by atoms with Gasteiger partial charge in [0.1, 0.15) is 6.10 Å². The van der Waals surface area contributed by atoms with Gasteiger partial charge in [-0.1, -0.05) is 57.5 Å². The van der Waals surface area contributed by atoms with Crippen LogP contribution in [0, 0.1) is 17.8 Å². The minimum absolute atomic E-state index is 0.132. The summed E-state index contributed by atoms with van der Waals surface area (Å²) >= 11 is 0. The molecular formula is C37H48N6O5. The van der Waals surface area contributed by atoms with Gasteiger partial charge in [-0.15, -0.1) is 5.10 Å². The largest absolute Gasteiger partial charge is 0.444 e. The zero-order valence-electron chi connectivity index (χ0n) is 28.7. The summed E-state index contributed by atoms with van der Waals surface area (Å²) in [6.45, 7) is 10.7. The molecule has 4 atom stereocenters. The first kappa shape index (κ1) is 33.7. The van der Waals surface area contributed by atoms with Crippen molar-refractivity contribution in [2.75, 3.05) is 50.6 Å². The molecule has 2 fully saturated rings. The van der Waals surface area contributed by atoms with Crippen molar-refractivity contribution in [3.05, 3.63) is 77.0 Å². The summed E-state index contributed by atoms with van der Waals surface area (Å²) in [6, 6.07) is 16.9. The minimum Gasteiger partial charge on any atom is -0.444 e. The summed E-state index contributed by atoms with van der Waals surface area (Å²) < 4.78 is 13.1. The van der Waals surface area contributed by atoms with Crippen LogP contribution in [0.3, 0.4) is 0 Å². The fourth-order valence-electron chi connectivity index (χ4n) is 7.32. The van der Waals surface area contributed by atoms with E-state index in [4.69, 9.17) is 9.47 Å². The molecule has 1 aromatic heterocycles. The van der Waals surface area contributed by atoms with E-state index in [0.29, 0.717) is 28.7 Å². The molecule has 6 rings (SSSR count). The van der Waals surface area contributed by atoms with Crippen molar-refractivity contribution in [2.45, 2.75) is 65.3 Å². The number of benzene rings is 2. The van der Waals surface area contributed by atoms with E-state index in [-0.39, 0.29) is 42.7 Å². The second-order valence-corrected chi connectivity index (χ2v) is 13.9. The number of amides is 2. The monoisotopic (exact) mass is 656 g/mol. The number of nitrogens with zero attached hydrogens (tertiary/aromatic N) is 5. The van der Waals surface area contributed by atoms with Gasteiger partial charge in [0.05, 0.1) is 18.8 Å². The molecule has 0 unspecified atom stereocenters. The highest BCUT2D eigenvalue weighted by Gasteiger charge is 2.39. The van der Waals surface area contributed by atoms with Gasteiger partial charge in [-0.3, -0.25) is 9.59 Å². The van der Waals surface area contributed by atoms with E-state index in [1.165, 1.54) is 11.8 Å². The van der Waals surface area contributed by atoms with Crippen LogP contribution in [0.2, 0.25) is 0 Å². The van der Waals surface area contributed by atoms with Crippen molar-refractivity contribution in [3.63, 3.8) is 0 Å². The number of aromatic nitrogens is 2. The van der Waals surface area contributed by atoms with E-state index in [1.54, 1.807) is 4.90 Å². The zero-order chi connectivity index (χ0) is 33.9. The Labute approximate surface area is 283 Å². The molecule has 1 N–H and O–H groups in total. The molecule has 3 aromatic rings. The lowest BCUT2D eigenvalue weighted by Gasteiger charge is -2.36. The Morgan fingerprint density at radius 3 is 2.31 bits per heavy atom. The molecule has 1 saturated carbocycles. The third-order valence-electron chi connectivity index (χ3n) is 10.3. The summed E-state index contributed by atoms with van der Waals surface area (Å²) in [5, 5.41) is 7.54. The van der Waals surface area contributed by atoms with Gasteiger partial charge < -0.3 is 29.5 Å². The normalized spacial score (nSPS) is 22.0. The number of ether oxygens (including phenoxy) is 2. The quantitative estimate of drug-likeness (QED) is 0.336. The van der Waals surface area contributed by atoms with E-state index >= 15 is 0 Å². The van der Waals surface area contributed by atoms with Crippen LogP contribution in [0.25, 0.3) is 0 Å². The fraction of sp³-hybridized carbons (Fsp3) is 0.514. The summed E-state index contributed by atoms with van der Waals surface area (Å²) in [4.78, 5) is 47.4. The number of hydrogen-bond donors (Lipinski definition) is 1. The Morgan fingerprint density at radius 2 is 1.65 bits per heavy atom. The van der Waals surface area contributed by atoms with Gasteiger partial charge >= 0.3 is 6.09 Å². The summed E-state index contributed by atoms with van der Waals surface area (Å²) in [5.41, 5.74) is 3.43. The lowest BCUT2D eigenvalue weighted by molar-refractivity contribution is -0.143. The number of carbonyl (C=O) groups is 3. The highest BCUT2D eigenvalue weighted by atomic mass is 16.6. The average molecular weight is 657 g/mol. The number of nitrogens with one attached hydrogen (secondary N) is 1. The molecule has 2 amide bonds. The predicted molar refractivity (Wildman–Crippen MR) is 184 cm³/mol. The van der Waals surface area contributed by atoms with Gasteiger partial charge in [-0.25, -0.2) is 4.79 Å². The van der Waals surface area contributed by atoms with Crippen LogP contribution in [0.15, 0.2) is 54.6 Å². The number of carbonyl (C=O) groups excluding carboxylic acids is 3. The number of rotatable bonds is 8. The van der Waals surface area contributed by atoms with Crippen molar-refractivity contribution in [1.82, 2.24) is 19.6 Å². The van der Waals surface area contributed by atoms with Crippen LogP contribution in [-0.2, 0) is 27.4 Å². The second kappa shape index (κ2) is 14.5. The molecular weight excluding hydrogens is 608 g/mol. The number of anilines is 2. The molecule has 0 bridgehead atoms. The molecule has 0 radical (unpaired) electrons. The molecule has 11 heteroatoms. The SMILES string of the molecule is CO[C@@H](C(=O)N1Cc2c(NC(=O)c3ccc(N4CCN(C)CC4)cc3)nn(C(=O)O[C@@H]3C[C@H](C)CC[C@H]3C(C)C)c2C1)c1ccccc1. The zero-order valence-corrected chi connectivity index (χ0v) is 28.7. The van der Waals surface area contributed by atoms with Crippen molar-refractivity contribution < 1.29 is 23.9 Å². The number of likely N-dealkylation sites (N-methyl/N-ethyl adjacent to an activating group) is 1. The Morgan fingerprint density at radius 1 is 0.938 bits per heavy atom. The molecule has 11 nitrogen and oxygen atoms in total. The van der Waals surface area contributed by atoms with E-state index < -0.39 is 12.2 Å². The van der Waals surface area contributed by atoms with Gasteiger partial charge in [0.25, 0.3) is 11.8 Å². The van der Waals surface area contributed by atoms with Crippen molar-refractivity contribution in [1.29, 1.82) is 0 Å². The average Bonchev–Trinajstić information content (AvgIpc) is 3.66. The highest BCUT2D eigenvalue weighted by Crippen LogP contribution is 2.37. The first-order valence-electron chi connectivity index (χ1n) is 17.2. The molecule has 2 aromatic carbocycles. The highest BCUT2D eigenvalue weighted by molar-refractivity contribution is 6.04. The first-order chi connectivity index (χ1) is 23.1. The van der Waals surface area contributed by atoms with Crippen LogP contribution in [-0.4, -0.2) is 83.9 Å². The Balaban J connectivity index is 1.25. The van der Waals surface area contributed by atoms with Crippen LogP contribution >= 0.6 is 0 Å². The summed E-state index contributed by atoms with van der Waals surface area (Å²) in [6.07, 6.45) is 1.28. The van der Waals surface area contributed by atoms with E-state index in [2.05, 4.69) is 48.0 Å². The molecule has 3 heterocycles. The molecule has 48 heavy (non-hydrogen) atoms. The molecule has 256 valence electrons. The lowest BCUT2D eigenvalue weighted by atomic mass is 9.75. The standard InChI is InChI=1S/C37H48N6O5/c1-24(2)29-16-11-25(3)21-32(29)48-37(46)43-31-23-42(36(45)33(47-5)26-9-7-6-8-10-26)22-30(31)34(39-43)38-35(44)27-12-14-28(15-13-27)41-19-17-40(4)18-20-41/h6-10,12-15,24-25,29,32-33H,11,16-23H2,1-5H3,(H,38,39,44)/t25-,29+,32-,33-/m1/s1. The second-order valence-electron chi connectivity index (χ2n) is 13.9. The Hall–Kier alpha value is -4.22. The van der Waals surface area contributed by atoms with Gasteiger partial charge in [0.2, 0.25) is 0 Å². The summed E-state index contributed by atoms with van der Waals surface area (Å²) in [7, 11) is 3.63. The molecule has 1 aliphatic carbocycles. The predicted octanol–water partition coefficient (Wildman–Crippen LogP) is 5.56. The molecule has 0 spiro atoms. The molecule has 3 aliphatic rings. The van der Waals surface area contributed by atoms with Crippen LogP contribution < -0.4 is 10.2 Å². The number of fused-ring (bicyclic) bond motifs is 1. The lowest BCUT2D eigenvalue weighted by Crippen LogP contribution is -2.44. The Bertz CT molecular complexity index is 1600. The maximum Gasteiger partial charge on any atom is 0.435 e. The maximum absolute atomic E-state index is 13.8. The fourth-order valence-corrected chi connectivity index (χ4v) is 7.32. The van der Waals surface area contributed by atoms with Crippen LogP contribution in [0.5, 0.6) is 0 Å². The van der Waals surface area contributed by atoms with Gasteiger partial charge in [-0.2, -0.15) is 4.68 Å². The van der Waals surface area contributed by atoms with E-state index in [9.17, 15) is 14.4 Å². The first-order valence-corrected chi connectivity index (χ1v) is 17.2. The minimum atomic E-state index is -0.809. The van der Waals surface area contributed by atoms with E-state index in [0.717, 1.165) is 56.7 Å². The third-order valence-corrected chi connectivity index (χ3v) is 10.3. The van der Waals surface area contributed by atoms with Crippen molar-refractivity contribution in [2.24, 2.45) is 17.8 Å². The van der Waals surface area contributed by atoms with Crippen LogP contribution in [0.4, 0.5) is 16.3 Å². The number of hydrogen-bond acceptors (Lipinski definition) is 8. The molecule has 1 saturated heterocycles. The Kier molecular flexibility index (Phi) is 10.2. The third kappa shape index (κ3) is 7.12. The van der Waals surface area contributed by atoms with Gasteiger partial charge in [0.15, 0.2) is 11.9 Å². The van der Waals surface area contributed by atoms with Crippen molar-refractivity contribution in [3.8, 4) is 0 Å².